The number of halogens is 1. The molecule has 0 aliphatic carbocycles. The molecule has 18 heavy (non-hydrogen) atoms. The lowest BCUT2D eigenvalue weighted by Crippen LogP contribution is -2.46. The summed E-state index contributed by atoms with van der Waals surface area (Å²) in [5.74, 6) is -2.82. The molecule has 0 aliphatic rings. The topological polar surface area (TPSA) is 121 Å². The van der Waals surface area contributed by atoms with Gasteiger partial charge in [-0.1, -0.05) is 6.07 Å². The number of rotatable bonds is 4. The molecule has 5 N–H and O–H groups in total. The Bertz CT molecular complexity index is 473. The van der Waals surface area contributed by atoms with Crippen LogP contribution < -0.4 is 5.73 Å². The van der Waals surface area contributed by atoms with Gasteiger partial charge in [-0.2, -0.15) is 0 Å². The van der Waals surface area contributed by atoms with Crippen LogP contribution in [-0.4, -0.2) is 32.8 Å². The van der Waals surface area contributed by atoms with Crippen molar-refractivity contribution in [1.82, 2.24) is 0 Å². The van der Waals surface area contributed by atoms with E-state index in [1.54, 1.807) is 0 Å². The summed E-state index contributed by atoms with van der Waals surface area (Å²) in [5, 5.41) is 26.9. The molecule has 0 amide bonds. The van der Waals surface area contributed by atoms with E-state index in [9.17, 15) is 14.7 Å². The van der Waals surface area contributed by atoms with Crippen LogP contribution in [0.5, 0.6) is 5.75 Å². The molecule has 0 aliphatic heterocycles. The van der Waals surface area contributed by atoms with Crippen LogP contribution in [0.4, 0.5) is 0 Å². The summed E-state index contributed by atoms with van der Waals surface area (Å²) in [4.78, 5) is 21.6. The SMILES string of the molecule is C[C@@](N)(Cc1ccc(O)c(C(=O)O)c1)C(=O)O.Cl. The lowest BCUT2D eigenvalue weighted by atomic mass is 9.93. The number of benzene rings is 1. The highest BCUT2D eigenvalue weighted by atomic mass is 35.5. The highest BCUT2D eigenvalue weighted by Gasteiger charge is 2.28. The second-order valence-electron chi connectivity index (χ2n) is 4.06. The Morgan fingerprint density at radius 3 is 2.33 bits per heavy atom. The number of carboxylic acid groups (broad SMARTS) is 2. The van der Waals surface area contributed by atoms with Crippen LogP contribution in [0.2, 0.25) is 0 Å². The van der Waals surface area contributed by atoms with Crippen LogP contribution >= 0.6 is 12.4 Å². The Morgan fingerprint density at radius 2 is 1.89 bits per heavy atom. The van der Waals surface area contributed by atoms with E-state index in [0.717, 1.165) is 0 Å². The molecule has 0 aromatic heterocycles. The molecular formula is C11H14ClNO5. The Hall–Kier alpha value is -1.79. The van der Waals surface area contributed by atoms with Crippen molar-refractivity contribution in [2.45, 2.75) is 18.9 Å². The van der Waals surface area contributed by atoms with Gasteiger partial charge in [0.1, 0.15) is 16.9 Å². The van der Waals surface area contributed by atoms with Gasteiger partial charge in [0, 0.05) is 6.42 Å². The summed E-state index contributed by atoms with van der Waals surface area (Å²) in [6, 6.07) is 3.86. The van der Waals surface area contributed by atoms with Crippen molar-refractivity contribution in [3.05, 3.63) is 29.3 Å². The van der Waals surface area contributed by atoms with Gasteiger partial charge in [-0.3, -0.25) is 4.79 Å². The van der Waals surface area contributed by atoms with E-state index in [-0.39, 0.29) is 30.1 Å². The standard InChI is InChI=1S/C11H13NO5.ClH/c1-11(12,10(16)17)5-6-2-3-8(13)7(4-6)9(14)15;/h2-4,13H,5,12H2,1H3,(H,14,15)(H,16,17);1H/t11-;/m1./s1. The minimum absolute atomic E-state index is 0. The third-order valence-corrected chi connectivity index (χ3v) is 2.35. The quantitative estimate of drug-likeness (QED) is 0.646. The molecule has 0 spiro atoms. The number of aromatic hydroxyl groups is 1. The molecule has 0 fully saturated rings. The van der Waals surface area contributed by atoms with Gasteiger partial charge in [0.25, 0.3) is 0 Å². The first-order chi connectivity index (χ1) is 7.74. The Kier molecular flexibility index (Phi) is 5.13. The molecule has 7 heteroatoms. The lowest BCUT2D eigenvalue weighted by Gasteiger charge is -2.19. The number of nitrogens with two attached hydrogens (primary N) is 1. The summed E-state index contributed by atoms with van der Waals surface area (Å²) in [5.41, 5.74) is 4.23. The second kappa shape index (κ2) is 5.70. The predicted molar refractivity (Wildman–Crippen MR) is 66.2 cm³/mol. The first kappa shape index (κ1) is 16.2. The third-order valence-electron chi connectivity index (χ3n) is 2.35. The van der Waals surface area contributed by atoms with Gasteiger partial charge < -0.3 is 21.1 Å². The smallest absolute Gasteiger partial charge is 0.339 e. The van der Waals surface area contributed by atoms with Crippen LogP contribution in [0, 0.1) is 0 Å². The maximum absolute atomic E-state index is 10.8. The first-order valence-electron chi connectivity index (χ1n) is 4.81. The molecular weight excluding hydrogens is 262 g/mol. The molecule has 0 bridgehead atoms. The van der Waals surface area contributed by atoms with Crippen LogP contribution in [0.15, 0.2) is 18.2 Å². The molecule has 0 heterocycles. The van der Waals surface area contributed by atoms with Crippen LogP contribution in [-0.2, 0) is 11.2 Å². The Labute approximate surface area is 109 Å². The second-order valence-corrected chi connectivity index (χ2v) is 4.06. The summed E-state index contributed by atoms with van der Waals surface area (Å²) in [7, 11) is 0. The van der Waals surface area contributed by atoms with E-state index in [1.807, 2.05) is 0 Å². The molecule has 0 radical (unpaired) electrons. The number of aromatic carboxylic acids is 1. The van der Waals surface area contributed by atoms with E-state index < -0.39 is 17.5 Å². The van der Waals surface area contributed by atoms with Gasteiger partial charge in [-0.05, 0) is 24.6 Å². The van der Waals surface area contributed by atoms with Gasteiger partial charge in [0.15, 0.2) is 0 Å². The van der Waals surface area contributed by atoms with Crippen molar-refractivity contribution in [2.24, 2.45) is 5.73 Å². The number of carbonyl (C=O) groups is 2. The molecule has 0 saturated carbocycles. The van der Waals surface area contributed by atoms with E-state index in [2.05, 4.69) is 0 Å². The molecule has 1 aromatic carbocycles. The fraction of sp³-hybridized carbons (Fsp3) is 0.273. The molecule has 100 valence electrons. The van der Waals surface area contributed by atoms with Crippen molar-refractivity contribution in [3.8, 4) is 5.75 Å². The summed E-state index contributed by atoms with van der Waals surface area (Å²) in [6.45, 7) is 1.34. The number of phenols is 1. The van der Waals surface area contributed by atoms with Crippen molar-refractivity contribution in [3.63, 3.8) is 0 Å². The molecule has 0 unspecified atom stereocenters. The summed E-state index contributed by atoms with van der Waals surface area (Å²) < 4.78 is 0. The van der Waals surface area contributed by atoms with Crippen molar-refractivity contribution < 1.29 is 24.9 Å². The Morgan fingerprint density at radius 1 is 1.33 bits per heavy atom. The largest absolute Gasteiger partial charge is 0.507 e. The van der Waals surface area contributed by atoms with E-state index in [4.69, 9.17) is 15.9 Å². The normalized spacial score (nSPS) is 13.2. The van der Waals surface area contributed by atoms with E-state index in [1.165, 1.54) is 25.1 Å². The van der Waals surface area contributed by atoms with Crippen LogP contribution in [0.25, 0.3) is 0 Å². The molecule has 1 aromatic rings. The fourth-order valence-corrected chi connectivity index (χ4v) is 1.36. The average Bonchev–Trinajstić information content (AvgIpc) is 2.20. The van der Waals surface area contributed by atoms with Gasteiger partial charge in [0.05, 0.1) is 0 Å². The molecule has 0 saturated heterocycles. The lowest BCUT2D eigenvalue weighted by molar-refractivity contribution is -0.142. The highest BCUT2D eigenvalue weighted by Crippen LogP contribution is 2.21. The zero-order chi connectivity index (χ0) is 13.2. The Balaban J connectivity index is 0.00000289. The number of hydrogen-bond donors (Lipinski definition) is 4. The van der Waals surface area contributed by atoms with Crippen LogP contribution in [0.1, 0.15) is 22.8 Å². The molecule has 1 rings (SSSR count). The third kappa shape index (κ3) is 3.61. The van der Waals surface area contributed by atoms with Crippen molar-refractivity contribution in [1.29, 1.82) is 0 Å². The van der Waals surface area contributed by atoms with Crippen molar-refractivity contribution in [2.75, 3.05) is 0 Å². The number of aliphatic carboxylic acids is 1. The zero-order valence-electron chi connectivity index (χ0n) is 9.58. The average molecular weight is 276 g/mol. The van der Waals surface area contributed by atoms with Gasteiger partial charge in [-0.25, -0.2) is 4.79 Å². The van der Waals surface area contributed by atoms with E-state index >= 15 is 0 Å². The highest BCUT2D eigenvalue weighted by molar-refractivity contribution is 5.91. The minimum atomic E-state index is -1.48. The maximum atomic E-state index is 10.8. The minimum Gasteiger partial charge on any atom is -0.507 e. The van der Waals surface area contributed by atoms with Gasteiger partial charge in [0.2, 0.25) is 0 Å². The number of hydrogen-bond acceptors (Lipinski definition) is 4. The monoisotopic (exact) mass is 275 g/mol. The zero-order valence-corrected chi connectivity index (χ0v) is 10.4. The maximum Gasteiger partial charge on any atom is 0.339 e. The molecule has 6 nitrogen and oxygen atoms in total. The first-order valence-corrected chi connectivity index (χ1v) is 4.81. The van der Waals surface area contributed by atoms with Gasteiger partial charge in [-0.15, -0.1) is 12.4 Å². The number of carboxylic acids is 2. The van der Waals surface area contributed by atoms with Crippen molar-refractivity contribution >= 4 is 24.3 Å². The fourth-order valence-electron chi connectivity index (χ4n) is 1.36. The van der Waals surface area contributed by atoms with Crippen LogP contribution in [0.3, 0.4) is 0 Å². The summed E-state index contributed by atoms with van der Waals surface area (Å²) in [6.07, 6.45) is -0.0249. The molecule has 1 atom stereocenters. The van der Waals surface area contributed by atoms with Gasteiger partial charge >= 0.3 is 11.9 Å². The predicted octanol–water partition coefficient (Wildman–Crippen LogP) is 0.857. The summed E-state index contributed by atoms with van der Waals surface area (Å²) >= 11 is 0. The van der Waals surface area contributed by atoms with E-state index in [0.29, 0.717) is 5.56 Å².